The summed E-state index contributed by atoms with van der Waals surface area (Å²) >= 11 is 1.27. The molecule has 0 radical (unpaired) electrons. The fraction of sp³-hybridized carbons (Fsp3) is 0.156. The Bertz CT molecular complexity index is 2050. The number of allylic oxidation sites excluding steroid dienone is 1. The second-order valence-corrected chi connectivity index (χ2v) is 10.9. The van der Waals surface area contributed by atoms with Crippen molar-refractivity contribution in [3.63, 3.8) is 0 Å². The van der Waals surface area contributed by atoms with Crippen LogP contribution >= 0.6 is 11.3 Å². The fourth-order valence-electron chi connectivity index (χ4n) is 5.31. The standard InChI is InChI=1S/C32H26N4O5S/c1-3-41-31(38)28-20(2)33-32-35(29(28)22-9-5-4-6-10-22)30(37)27(42-32)18-25-17-23-11-7-8-12-26(23)34(25)19-21-13-15-24(16-14-21)36(39)40/h4-18,29H,3,19H2,1-2H3/b27-18+/t29-/m0/s1. The third-order valence-electron chi connectivity index (χ3n) is 7.24. The Labute approximate surface area is 244 Å². The van der Waals surface area contributed by atoms with Crippen molar-refractivity contribution in [1.82, 2.24) is 9.13 Å². The van der Waals surface area contributed by atoms with E-state index in [9.17, 15) is 19.7 Å². The number of carbonyl (C=O) groups is 1. The average Bonchev–Trinajstić information content (AvgIpc) is 3.49. The van der Waals surface area contributed by atoms with Gasteiger partial charge in [-0.05, 0) is 43.2 Å². The van der Waals surface area contributed by atoms with Gasteiger partial charge >= 0.3 is 5.97 Å². The third-order valence-corrected chi connectivity index (χ3v) is 8.22. The van der Waals surface area contributed by atoms with Gasteiger partial charge in [0.05, 0.1) is 33.4 Å². The van der Waals surface area contributed by atoms with Gasteiger partial charge in [-0.2, -0.15) is 0 Å². The average molecular weight is 579 g/mol. The van der Waals surface area contributed by atoms with E-state index in [1.165, 1.54) is 23.5 Å². The number of esters is 1. The van der Waals surface area contributed by atoms with Gasteiger partial charge in [0, 0.05) is 35.3 Å². The largest absolute Gasteiger partial charge is 0.463 e. The summed E-state index contributed by atoms with van der Waals surface area (Å²) in [5, 5.41) is 12.1. The van der Waals surface area contributed by atoms with E-state index in [0.29, 0.717) is 27.1 Å². The van der Waals surface area contributed by atoms with E-state index in [1.54, 1.807) is 30.5 Å². The van der Waals surface area contributed by atoms with Gasteiger partial charge in [0.25, 0.3) is 11.2 Å². The Morgan fingerprint density at radius 3 is 2.50 bits per heavy atom. The highest BCUT2D eigenvalue weighted by Crippen LogP contribution is 2.30. The molecule has 10 heteroatoms. The summed E-state index contributed by atoms with van der Waals surface area (Å²) < 4.78 is 9.50. The number of hydrogen-bond donors (Lipinski definition) is 0. The normalized spacial score (nSPS) is 15.0. The van der Waals surface area contributed by atoms with Crippen LogP contribution < -0.4 is 14.9 Å². The van der Waals surface area contributed by atoms with Crippen LogP contribution in [0, 0.1) is 10.1 Å². The van der Waals surface area contributed by atoms with Crippen molar-refractivity contribution in [2.75, 3.05) is 6.61 Å². The number of nitro benzene ring substituents is 1. The zero-order chi connectivity index (χ0) is 29.4. The van der Waals surface area contributed by atoms with Crippen LogP contribution in [-0.4, -0.2) is 26.6 Å². The molecule has 9 nitrogen and oxygen atoms in total. The number of para-hydroxylation sites is 1. The van der Waals surface area contributed by atoms with Crippen LogP contribution in [0.3, 0.4) is 0 Å². The number of rotatable bonds is 7. The molecule has 6 rings (SSSR count). The molecule has 0 unspecified atom stereocenters. The maximum absolute atomic E-state index is 14.1. The Hall–Kier alpha value is -5.09. The van der Waals surface area contributed by atoms with Crippen molar-refractivity contribution < 1.29 is 14.5 Å². The number of carbonyl (C=O) groups excluding carboxylic acids is 1. The van der Waals surface area contributed by atoms with Crippen molar-refractivity contribution in [1.29, 1.82) is 0 Å². The Morgan fingerprint density at radius 2 is 1.79 bits per heavy atom. The molecule has 0 spiro atoms. The van der Waals surface area contributed by atoms with Gasteiger partial charge in [0.15, 0.2) is 4.80 Å². The first-order valence-corrected chi connectivity index (χ1v) is 14.2. The monoisotopic (exact) mass is 578 g/mol. The smallest absolute Gasteiger partial charge is 0.338 e. The number of nitrogens with zero attached hydrogens (tertiary/aromatic N) is 4. The molecule has 0 N–H and O–H groups in total. The molecule has 1 aliphatic heterocycles. The maximum Gasteiger partial charge on any atom is 0.338 e. The number of benzene rings is 3. The van der Waals surface area contributed by atoms with Crippen LogP contribution in [0.1, 0.15) is 36.7 Å². The fourth-order valence-corrected chi connectivity index (χ4v) is 6.34. The molecule has 0 aliphatic carbocycles. The minimum atomic E-state index is -0.672. The minimum Gasteiger partial charge on any atom is -0.463 e. The second kappa shape index (κ2) is 11.1. The molecular formula is C32H26N4O5S. The zero-order valence-electron chi connectivity index (χ0n) is 22.9. The molecule has 0 fully saturated rings. The van der Waals surface area contributed by atoms with Crippen molar-refractivity contribution in [3.8, 4) is 0 Å². The molecule has 3 heterocycles. The van der Waals surface area contributed by atoms with Gasteiger partial charge in [-0.1, -0.05) is 72.0 Å². The molecule has 1 atom stereocenters. The summed E-state index contributed by atoms with van der Waals surface area (Å²) in [5.41, 5.74) is 4.08. The summed E-state index contributed by atoms with van der Waals surface area (Å²) in [6.07, 6.45) is 1.85. The van der Waals surface area contributed by atoms with E-state index < -0.39 is 16.9 Å². The molecule has 0 saturated heterocycles. The summed E-state index contributed by atoms with van der Waals surface area (Å²) in [5.74, 6) is -0.495. The van der Waals surface area contributed by atoms with Crippen LogP contribution in [0.4, 0.5) is 5.69 Å². The Balaban J connectivity index is 1.51. The van der Waals surface area contributed by atoms with E-state index in [1.807, 2.05) is 66.7 Å². The molecular weight excluding hydrogens is 552 g/mol. The number of fused-ring (bicyclic) bond motifs is 2. The van der Waals surface area contributed by atoms with E-state index >= 15 is 0 Å². The van der Waals surface area contributed by atoms with Gasteiger partial charge in [-0.3, -0.25) is 19.5 Å². The summed E-state index contributed by atoms with van der Waals surface area (Å²) in [4.78, 5) is 43.0. The highest BCUT2D eigenvalue weighted by atomic mass is 32.1. The van der Waals surface area contributed by atoms with E-state index in [-0.39, 0.29) is 17.9 Å². The lowest BCUT2D eigenvalue weighted by Crippen LogP contribution is -2.40. The molecule has 0 amide bonds. The number of non-ortho nitro benzene ring substituents is 1. The van der Waals surface area contributed by atoms with E-state index in [4.69, 9.17) is 4.74 Å². The first-order chi connectivity index (χ1) is 20.4. The molecule has 0 bridgehead atoms. The SMILES string of the molecule is CCOC(=O)C1=C(C)N=c2s/c(=C/c3cc4ccccc4n3Cc3ccc([N+](=O)[O-])cc3)c(=O)n2[C@H]1c1ccccc1. The van der Waals surface area contributed by atoms with Gasteiger partial charge in [0.1, 0.15) is 0 Å². The van der Waals surface area contributed by atoms with Gasteiger partial charge in [0.2, 0.25) is 0 Å². The number of aromatic nitrogens is 2. The highest BCUT2D eigenvalue weighted by molar-refractivity contribution is 7.07. The zero-order valence-corrected chi connectivity index (χ0v) is 23.7. The maximum atomic E-state index is 14.1. The van der Waals surface area contributed by atoms with Crippen LogP contribution in [-0.2, 0) is 16.1 Å². The van der Waals surface area contributed by atoms with Gasteiger partial charge < -0.3 is 9.30 Å². The Morgan fingerprint density at radius 1 is 1.07 bits per heavy atom. The Kier molecular flexibility index (Phi) is 7.13. The van der Waals surface area contributed by atoms with Crippen LogP contribution in [0.2, 0.25) is 0 Å². The van der Waals surface area contributed by atoms with Gasteiger partial charge in [-0.15, -0.1) is 0 Å². The lowest BCUT2D eigenvalue weighted by Gasteiger charge is -2.24. The van der Waals surface area contributed by atoms with E-state index in [2.05, 4.69) is 9.56 Å². The number of ether oxygens (including phenoxy) is 1. The van der Waals surface area contributed by atoms with Crippen LogP contribution in [0.15, 0.2) is 106 Å². The second-order valence-electron chi connectivity index (χ2n) is 9.85. The lowest BCUT2D eigenvalue weighted by atomic mass is 9.96. The van der Waals surface area contributed by atoms with Crippen LogP contribution in [0.5, 0.6) is 0 Å². The molecule has 1 aliphatic rings. The lowest BCUT2D eigenvalue weighted by molar-refractivity contribution is -0.384. The summed E-state index contributed by atoms with van der Waals surface area (Å²) in [6.45, 7) is 4.17. The third kappa shape index (κ3) is 4.86. The number of hydrogen-bond acceptors (Lipinski definition) is 7. The number of nitro groups is 1. The predicted molar refractivity (Wildman–Crippen MR) is 161 cm³/mol. The van der Waals surface area contributed by atoms with Gasteiger partial charge in [-0.25, -0.2) is 9.79 Å². The molecule has 42 heavy (non-hydrogen) atoms. The summed E-state index contributed by atoms with van der Waals surface area (Å²) in [7, 11) is 0. The van der Waals surface area contributed by atoms with E-state index in [0.717, 1.165) is 27.7 Å². The molecule has 210 valence electrons. The van der Waals surface area contributed by atoms with Crippen molar-refractivity contribution in [2.45, 2.75) is 26.4 Å². The molecule has 0 saturated carbocycles. The van der Waals surface area contributed by atoms with Crippen LogP contribution in [0.25, 0.3) is 17.0 Å². The molecule has 3 aromatic carbocycles. The minimum absolute atomic E-state index is 0.0305. The first kappa shape index (κ1) is 27.1. The van der Waals surface area contributed by atoms with Crippen molar-refractivity contribution >= 4 is 40.0 Å². The quantitative estimate of drug-likeness (QED) is 0.158. The summed E-state index contributed by atoms with van der Waals surface area (Å²) in [6, 6.07) is 25.1. The highest BCUT2D eigenvalue weighted by Gasteiger charge is 2.33. The predicted octanol–water partition coefficient (Wildman–Crippen LogP) is 4.71. The first-order valence-electron chi connectivity index (χ1n) is 13.4. The molecule has 2 aromatic heterocycles. The number of thiazole rings is 1. The van der Waals surface area contributed by atoms with Crippen molar-refractivity contribution in [3.05, 3.63) is 143 Å². The molecule has 5 aromatic rings. The topological polar surface area (TPSA) is 109 Å². The van der Waals surface area contributed by atoms with Crippen molar-refractivity contribution in [2.24, 2.45) is 4.99 Å².